The van der Waals surface area contributed by atoms with E-state index in [9.17, 15) is 4.39 Å². The van der Waals surface area contributed by atoms with Gasteiger partial charge < -0.3 is 4.74 Å². The van der Waals surface area contributed by atoms with Gasteiger partial charge in [-0.25, -0.2) is 4.39 Å². The summed E-state index contributed by atoms with van der Waals surface area (Å²) in [6.07, 6.45) is 0. The van der Waals surface area contributed by atoms with Crippen molar-refractivity contribution in [3.63, 3.8) is 0 Å². The summed E-state index contributed by atoms with van der Waals surface area (Å²) >= 11 is 12.3. The number of ether oxygens (including phenoxy) is 1. The molecule has 2 aromatic rings. The molecule has 18 heavy (non-hydrogen) atoms. The molecule has 0 heterocycles. The van der Waals surface area contributed by atoms with Crippen molar-refractivity contribution in [2.45, 2.75) is 5.88 Å². The standard InChI is InChI=1S/C13H8Br2ClFO/c14-10-6-9(2-3-12(10)17)18-13-4-1-8(7-16)5-11(13)15/h1-6H,7H2. The molecule has 94 valence electrons. The Labute approximate surface area is 126 Å². The monoisotopic (exact) mass is 392 g/mol. The number of benzene rings is 2. The number of hydrogen-bond acceptors (Lipinski definition) is 1. The van der Waals surface area contributed by atoms with Crippen molar-refractivity contribution < 1.29 is 9.13 Å². The van der Waals surface area contributed by atoms with Gasteiger partial charge in [-0.3, -0.25) is 0 Å². The van der Waals surface area contributed by atoms with Gasteiger partial charge in [-0.05, 0) is 67.8 Å². The van der Waals surface area contributed by atoms with Gasteiger partial charge in [0, 0.05) is 5.88 Å². The number of halogens is 4. The van der Waals surface area contributed by atoms with Gasteiger partial charge in [-0.2, -0.15) is 0 Å². The molecule has 2 rings (SSSR count). The zero-order chi connectivity index (χ0) is 13.1. The SMILES string of the molecule is Fc1ccc(Oc2ccc(CCl)cc2Br)cc1Br. The third-order valence-corrected chi connectivity index (χ3v) is 3.81. The maximum absolute atomic E-state index is 13.1. The largest absolute Gasteiger partial charge is 0.456 e. The second kappa shape index (κ2) is 6.04. The third-order valence-electron chi connectivity index (χ3n) is 2.27. The van der Waals surface area contributed by atoms with E-state index < -0.39 is 0 Å². The van der Waals surface area contributed by atoms with Crippen LogP contribution in [-0.2, 0) is 5.88 Å². The Balaban J connectivity index is 2.25. The predicted octanol–water partition coefficient (Wildman–Crippen LogP) is 5.88. The molecule has 0 saturated carbocycles. The molecular weight excluding hydrogens is 386 g/mol. The average molecular weight is 394 g/mol. The van der Waals surface area contributed by atoms with E-state index in [-0.39, 0.29) is 5.82 Å². The Morgan fingerprint density at radius 2 is 1.83 bits per heavy atom. The van der Waals surface area contributed by atoms with Gasteiger partial charge in [0.05, 0.1) is 8.95 Å². The number of rotatable bonds is 3. The van der Waals surface area contributed by atoms with E-state index in [1.807, 2.05) is 18.2 Å². The minimum absolute atomic E-state index is 0.320. The van der Waals surface area contributed by atoms with Crippen molar-refractivity contribution in [2.75, 3.05) is 0 Å². The van der Waals surface area contributed by atoms with Crippen LogP contribution in [0.5, 0.6) is 11.5 Å². The summed E-state index contributed by atoms with van der Waals surface area (Å²) in [4.78, 5) is 0. The van der Waals surface area contributed by atoms with E-state index >= 15 is 0 Å². The second-order valence-corrected chi connectivity index (χ2v) is 5.55. The molecule has 0 fully saturated rings. The van der Waals surface area contributed by atoms with Gasteiger partial charge in [0.2, 0.25) is 0 Å². The van der Waals surface area contributed by atoms with Crippen molar-refractivity contribution in [3.05, 3.63) is 56.7 Å². The van der Waals surface area contributed by atoms with Crippen LogP contribution in [0.15, 0.2) is 45.3 Å². The summed E-state index contributed by atoms with van der Waals surface area (Å²) in [5, 5.41) is 0. The molecule has 5 heteroatoms. The average Bonchev–Trinajstić information content (AvgIpc) is 2.36. The molecular formula is C13H8Br2ClFO. The van der Waals surface area contributed by atoms with E-state index in [0.29, 0.717) is 21.9 Å². The van der Waals surface area contributed by atoms with Crippen molar-refractivity contribution in [1.29, 1.82) is 0 Å². The molecule has 0 N–H and O–H groups in total. The number of alkyl halides is 1. The van der Waals surface area contributed by atoms with E-state index in [4.69, 9.17) is 16.3 Å². The predicted molar refractivity (Wildman–Crippen MR) is 77.9 cm³/mol. The lowest BCUT2D eigenvalue weighted by Gasteiger charge is -2.09. The van der Waals surface area contributed by atoms with Crippen molar-refractivity contribution >= 4 is 43.5 Å². The van der Waals surface area contributed by atoms with Gasteiger partial charge in [-0.1, -0.05) is 6.07 Å². The van der Waals surface area contributed by atoms with Gasteiger partial charge in [0.25, 0.3) is 0 Å². The summed E-state index contributed by atoms with van der Waals surface area (Å²) in [6, 6.07) is 10.1. The highest BCUT2D eigenvalue weighted by Gasteiger charge is 2.06. The quantitative estimate of drug-likeness (QED) is 0.591. The summed E-state index contributed by atoms with van der Waals surface area (Å²) < 4.78 is 19.9. The van der Waals surface area contributed by atoms with Crippen LogP contribution in [0.4, 0.5) is 4.39 Å². The first kappa shape index (κ1) is 13.8. The molecule has 0 saturated heterocycles. The molecule has 0 aliphatic heterocycles. The van der Waals surface area contributed by atoms with Crippen LogP contribution in [-0.4, -0.2) is 0 Å². The third kappa shape index (κ3) is 3.25. The first-order valence-electron chi connectivity index (χ1n) is 5.07. The highest BCUT2D eigenvalue weighted by molar-refractivity contribution is 9.10. The van der Waals surface area contributed by atoms with Crippen LogP contribution in [0.1, 0.15) is 5.56 Å². The van der Waals surface area contributed by atoms with E-state index in [1.165, 1.54) is 6.07 Å². The summed E-state index contributed by atoms with van der Waals surface area (Å²) in [6.45, 7) is 0. The minimum Gasteiger partial charge on any atom is -0.456 e. The van der Waals surface area contributed by atoms with Crippen LogP contribution in [0.2, 0.25) is 0 Å². The Morgan fingerprint density at radius 1 is 1.06 bits per heavy atom. The Kier molecular flexibility index (Phi) is 4.65. The molecule has 0 amide bonds. The van der Waals surface area contributed by atoms with Crippen molar-refractivity contribution in [3.8, 4) is 11.5 Å². The van der Waals surface area contributed by atoms with Crippen LogP contribution >= 0.6 is 43.5 Å². The van der Waals surface area contributed by atoms with Crippen LogP contribution in [0, 0.1) is 5.82 Å². The first-order chi connectivity index (χ1) is 8.60. The highest BCUT2D eigenvalue weighted by atomic mass is 79.9. The summed E-state index contributed by atoms with van der Waals surface area (Å²) in [7, 11) is 0. The molecule has 0 radical (unpaired) electrons. The normalized spacial score (nSPS) is 10.4. The van der Waals surface area contributed by atoms with Crippen molar-refractivity contribution in [1.82, 2.24) is 0 Å². The maximum Gasteiger partial charge on any atom is 0.141 e. The highest BCUT2D eigenvalue weighted by Crippen LogP contribution is 2.32. The fraction of sp³-hybridized carbons (Fsp3) is 0.0769. The summed E-state index contributed by atoms with van der Waals surface area (Å²) in [5.74, 6) is 1.34. The van der Waals surface area contributed by atoms with Gasteiger partial charge in [-0.15, -0.1) is 11.6 Å². The van der Waals surface area contributed by atoms with Gasteiger partial charge in [0.15, 0.2) is 0 Å². The van der Waals surface area contributed by atoms with Crippen LogP contribution < -0.4 is 4.74 Å². The number of hydrogen-bond donors (Lipinski definition) is 0. The maximum atomic E-state index is 13.1. The fourth-order valence-corrected chi connectivity index (χ4v) is 2.41. The van der Waals surface area contributed by atoms with E-state index in [1.54, 1.807) is 12.1 Å². The van der Waals surface area contributed by atoms with Gasteiger partial charge in [0.1, 0.15) is 17.3 Å². The van der Waals surface area contributed by atoms with E-state index in [0.717, 1.165) is 10.0 Å². The topological polar surface area (TPSA) is 9.23 Å². The Bertz CT molecular complexity index is 575. The molecule has 0 unspecified atom stereocenters. The fourth-order valence-electron chi connectivity index (χ4n) is 1.38. The molecule has 0 aliphatic carbocycles. The van der Waals surface area contributed by atoms with E-state index in [2.05, 4.69) is 31.9 Å². The van der Waals surface area contributed by atoms with Crippen LogP contribution in [0.3, 0.4) is 0 Å². The Morgan fingerprint density at radius 3 is 2.44 bits per heavy atom. The van der Waals surface area contributed by atoms with Gasteiger partial charge >= 0.3 is 0 Å². The molecule has 0 spiro atoms. The van der Waals surface area contributed by atoms with Crippen LogP contribution in [0.25, 0.3) is 0 Å². The van der Waals surface area contributed by atoms with Crippen molar-refractivity contribution in [2.24, 2.45) is 0 Å². The summed E-state index contributed by atoms with van der Waals surface area (Å²) in [5.41, 5.74) is 0.996. The lowest BCUT2D eigenvalue weighted by atomic mass is 10.2. The lowest BCUT2D eigenvalue weighted by Crippen LogP contribution is -1.88. The molecule has 0 aromatic heterocycles. The minimum atomic E-state index is -0.320. The molecule has 1 nitrogen and oxygen atoms in total. The zero-order valence-corrected chi connectivity index (χ0v) is 13.0. The Hall–Kier alpha value is -0.580. The molecule has 0 atom stereocenters. The zero-order valence-electron chi connectivity index (χ0n) is 9.09. The smallest absolute Gasteiger partial charge is 0.141 e. The second-order valence-electron chi connectivity index (χ2n) is 3.58. The lowest BCUT2D eigenvalue weighted by molar-refractivity contribution is 0.476. The molecule has 0 aliphatic rings. The molecule has 2 aromatic carbocycles. The molecule has 0 bridgehead atoms. The first-order valence-corrected chi connectivity index (χ1v) is 7.19.